The van der Waals surface area contributed by atoms with Crippen LogP contribution in [0, 0.1) is 6.92 Å². The highest BCUT2D eigenvalue weighted by molar-refractivity contribution is 5.99. The average Bonchev–Trinajstić information content (AvgIpc) is 3.48. The molecule has 1 atom stereocenters. The molecule has 34 heavy (non-hydrogen) atoms. The Labute approximate surface area is 193 Å². The van der Waals surface area contributed by atoms with Crippen LogP contribution in [0.25, 0.3) is 11.1 Å². The second-order valence-electron chi connectivity index (χ2n) is 8.70. The van der Waals surface area contributed by atoms with Gasteiger partial charge in [-0.3, -0.25) is 9.59 Å². The number of hydrogen-bond donors (Lipinski definition) is 2. The van der Waals surface area contributed by atoms with Gasteiger partial charge in [-0.15, -0.1) is 0 Å². The summed E-state index contributed by atoms with van der Waals surface area (Å²) in [5.41, 5.74) is 0.970. The molecular formula is C24H22F2N2O6. The van der Waals surface area contributed by atoms with Crippen molar-refractivity contribution in [2.75, 3.05) is 26.3 Å². The van der Waals surface area contributed by atoms with Crippen molar-refractivity contribution >= 4 is 17.8 Å². The van der Waals surface area contributed by atoms with Gasteiger partial charge in [0.2, 0.25) is 5.91 Å². The van der Waals surface area contributed by atoms with Gasteiger partial charge >= 0.3 is 5.97 Å². The summed E-state index contributed by atoms with van der Waals surface area (Å²) in [6.07, 6.45) is -0.000120. The predicted octanol–water partition coefficient (Wildman–Crippen LogP) is 2.27. The number of amides is 2. The van der Waals surface area contributed by atoms with Gasteiger partial charge in [-0.2, -0.15) is 8.78 Å². The Morgan fingerprint density at radius 3 is 2.59 bits per heavy atom. The van der Waals surface area contributed by atoms with E-state index in [1.54, 1.807) is 25.1 Å². The first-order chi connectivity index (χ1) is 16.1. The number of rotatable bonds is 4. The predicted molar refractivity (Wildman–Crippen MR) is 114 cm³/mol. The average molecular weight is 472 g/mol. The van der Waals surface area contributed by atoms with Crippen molar-refractivity contribution in [2.45, 2.75) is 31.1 Å². The Bertz CT molecular complexity index is 1210. The Morgan fingerprint density at radius 1 is 1.15 bits per heavy atom. The maximum Gasteiger partial charge on any atom is 0.326 e. The smallest absolute Gasteiger partial charge is 0.326 e. The lowest BCUT2D eigenvalue weighted by molar-refractivity contribution is -0.152. The molecule has 178 valence electrons. The van der Waals surface area contributed by atoms with Crippen LogP contribution in [0.15, 0.2) is 36.4 Å². The van der Waals surface area contributed by atoms with E-state index in [1.165, 1.54) is 18.2 Å². The molecule has 5 rings (SSSR count). The third-order valence-electron chi connectivity index (χ3n) is 6.61. The number of aryl methyl sites for hydroxylation is 1. The minimum absolute atomic E-state index is 0.000120. The zero-order valence-corrected chi connectivity index (χ0v) is 18.3. The monoisotopic (exact) mass is 472 g/mol. The Hall–Kier alpha value is -3.37. The van der Waals surface area contributed by atoms with Crippen LogP contribution in [0.1, 0.15) is 33.5 Å². The Kier molecular flexibility index (Phi) is 5.18. The molecule has 8 nitrogen and oxygen atoms in total. The molecule has 10 heteroatoms. The van der Waals surface area contributed by atoms with Crippen molar-refractivity contribution in [2.24, 2.45) is 0 Å². The van der Waals surface area contributed by atoms with Gasteiger partial charge < -0.3 is 24.8 Å². The van der Waals surface area contributed by atoms with Crippen LogP contribution in [-0.2, 0) is 25.0 Å². The number of halogens is 2. The van der Waals surface area contributed by atoms with Crippen LogP contribution in [0.4, 0.5) is 8.78 Å². The van der Waals surface area contributed by atoms with E-state index in [4.69, 9.17) is 9.47 Å². The number of carbonyl (C=O) groups excluding carboxylic acids is 2. The minimum atomic E-state index is -3.16. The van der Waals surface area contributed by atoms with E-state index in [0.29, 0.717) is 24.3 Å². The molecule has 0 aromatic heterocycles. The number of likely N-dealkylation sites (tertiary alicyclic amines) is 1. The van der Waals surface area contributed by atoms with Gasteiger partial charge in [-0.05, 0) is 35.7 Å². The van der Waals surface area contributed by atoms with E-state index >= 15 is 0 Å². The standard InChI is InChI=1S/C24H22F2N2O6/c1-13-3-2-4-15-16-9-14(5-6-17(16)24(25,26)20(13)15)21(30)27-11-19(29)28-12-23(33-7-8-34-23)10-18(28)22(31)32/h2-6,9,18H,7-8,10-12H2,1H3,(H,27,30)(H,31,32). The fraction of sp³-hybridized carbons (Fsp3) is 0.375. The van der Waals surface area contributed by atoms with Crippen molar-refractivity contribution in [1.82, 2.24) is 10.2 Å². The summed E-state index contributed by atoms with van der Waals surface area (Å²) < 4.78 is 41.0. The van der Waals surface area contributed by atoms with Crippen LogP contribution in [-0.4, -0.2) is 65.9 Å². The maximum atomic E-state index is 15.0. The number of carboxylic acid groups (broad SMARTS) is 1. The number of fused-ring (bicyclic) bond motifs is 3. The summed E-state index contributed by atoms with van der Waals surface area (Å²) in [7, 11) is 0. The molecular weight excluding hydrogens is 450 g/mol. The molecule has 0 saturated carbocycles. The first-order valence-corrected chi connectivity index (χ1v) is 10.8. The summed E-state index contributed by atoms with van der Waals surface area (Å²) in [4.78, 5) is 38.3. The third kappa shape index (κ3) is 3.45. The SMILES string of the molecule is Cc1cccc2c1C(F)(F)c1ccc(C(=O)NCC(=O)N3CC4(CC3C(=O)O)OCCO4)cc1-2. The molecule has 1 unspecified atom stereocenters. The van der Waals surface area contributed by atoms with Crippen molar-refractivity contribution in [3.05, 3.63) is 58.7 Å². The summed E-state index contributed by atoms with van der Waals surface area (Å²) in [6, 6.07) is 7.67. The van der Waals surface area contributed by atoms with E-state index in [1.807, 2.05) is 0 Å². The fourth-order valence-electron chi connectivity index (χ4n) is 5.01. The number of hydrogen-bond acceptors (Lipinski definition) is 5. The fourth-order valence-corrected chi connectivity index (χ4v) is 5.01. The lowest BCUT2D eigenvalue weighted by atomic mass is 10.0. The molecule has 2 N–H and O–H groups in total. The van der Waals surface area contributed by atoms with Crippen molar-refractivity contribution in [3.8, 4) is 11.1 Å². The molecule has 0 bridgehead atoms. The molecule has 2 saturated heterocycles. The van der Waals surface area contributed by atoms with Crippen LogP contribution >= 0.6 is 0 Å². The number of nitrogens with zero attached hydrogens (tertiary/aromatic N) is 1. The number of benzene rings is 2. The summed E-state index contributed by atoms with van der Waals surface area (Å²) in [6.45, 7) is 1.73. The molecule has 2 amide bonds. The quantitative estimate of drug-likeness (QED) is 0.708. The van der Waals surface area contributed by atoms with Crippen molar-refractivity contribution < 1.29 is 37.7 Å². The zero-order chi connectivity index (χ0) is 24.3. The molecule has 2 heterocycles. The molecule has 1 aliphatic carbocycles. The lowest BCUT2D eigenvalue weighted by Crippen LogP contribution is -2.46. The van der Waals surface area contributed by atoms with Crippen molar-refractivity contribution in [1.29, 1.82) is 0 Å². The lowest BCUT2D eigenvalue weighted by Gasteiger charge is -2.23. The van der Waals surface area contributed by atoms with Gasteiger partial charge in [0.15, 0.2) is 5.79 Å². The largest absolute Gasteiger partial charge is 0.480 e. The van der Waals surface area contributed by atoms with E-state index in [9.17, 15) is 28.3 Å². The van der Waals surface area contributed by atoms with Gasteiger partial charge in [-0.1, -0.05) is 24.3 Å². The van der Waals surface area contributed by atoms with Crippen LogP contribution in [0.5, 0.6) is 0 Å². The first kappa shape index (κ1) is 22.4. The van der Waals surface area contributed by atoms with E-state index in [-0.39, 0.29) is 35.2 Å². The maximum absolute atomic E-state index is 15.0. The normalized spacial score (nSPS) is 21.4. The van der Waals surface area contributed by atoms with Crippen LogP contribution in [0.3, 0.4) is 0 Å². The van der Waals surface area contributed by atoms with E-state index in [0.717, 1.165) is 4.90 Å². The summed E-state index contributed by atoms with van der Waals surface area (Å²) >= 11 is 0. The number of ether oxygens (including phenoxy) is 2. The highest BCUT2D eigenvalue weighted by Crippen LogP contribution is 2.52. The topological polar surface area (TPSA) is 105 Å². The number of aliphatic carboxylic acids is 1. The Balaban J connectivity index is 1.32. The molecule has 3 aliphatic rings. The highest BCUT2D eigenvalue weighted by atomic mass is 19.3. The molecule has 2 aromatic carbocycles. The van der Waals surface area contributed by atoms with Crippen LogP contribution in [0.2, 0.25) is 0 Å². The van der Waals surface area contributed by atoms with E-state index < -0.39 is 42.1 Å². The summed E-state index contributed by atoms with van der Waals surface area (Å²) in [5.74, 6) is -6.73. The Morgan fingerprint density at radius 2 is 1.88 bits per heavy atom. The number of carbonyl (C=O) groups is 3. The molecule has 1 spiro atoms. The van der Waals surface area contributed by atoms with Gasteiger partial charge in [0.1, 0.15) is 6.04 Å². The number of nitrogens with one attached hydrogen (secondary N) is 1. The first-order valence-electron chi connectivity index (χ1n) is 10.8. The van der Waals surface area contributed by atoms with Gasteiger partial charge in [0, 0.05) is 23.1 Å². The highest BCUT2D eigenvalue weighted by Gasteiger charge is 2.52. The minimum Gasteiger partial charge on any atom is -0.480 e. The second-order valence-corrected chi connectivity index (χ2v) is 8.70. The number of carboxylic acids is 1. The van der Waals surface area contributed by atoms with Gasteiger partial charge in [0.25, 0.3) is 11.8 Å². The van der Waals surface area contributed by atoms with Crippen LogP contribution < -0.4 is 5.32 Å². The number of alkyl halides is 2. The molecule has 2 aliphatic heterocycles. The third-order valence-corrected chi connectivity index (χ3v) is 6.61. The zero-order valence-electron chi connectivity index (χ0n) is 18.3. The molecule has 2 aromatic rings. The van der Waals surface area contributed by atoms with E-state index in [2.05, 4.69) is 5.32 Å². The molecule has 0 radical (unpaired) electrons. The molecule has 2 fully saturated rings. The second kappa shape index (κ2) is 7.85. The summed E-state index contributed by atoms with van der Waals surface area (Å²) in [5, 5.41) is 12.0. The van der Waals surface area contributed by atoms with Crippen molar-refractivity contribution in [3.63, 3.8) is 0 Å². The van der Waals surface area contributed by atoms with Gasteiger partial charge in [0.05, 0.1) is 26.3 Å². The van der Waals surface area contributed by atoms with Gasteiger partial charge in [-0.25, -0.2) is 4.79 Å².